The highest BCUT2D eigenvalue weighted by Gasteiger charge is 2.33. The van der Waals surface area contributed by atoms with Gasteiger partial charge in [0, 0.05) is 38.0 Å². The topological polar surface area (TPSA) is 54.8 Å². The first-order valence-electron chi connectivity index (χ1n) is 9.76. The second-order valence-corrected chi connectivity index (χ2v) is 7.59. The Morgan fingerprint density at radius 2 is 2.07 bits per heavy atom. The van der Waals surface area contributed by atoms with E-state index in [1.807, 2.05) is 12.3 Å². The highest BCUT2D eigenvalue weighted by molar-refractivity contribution is 5.61. The predicted molar refractivity (Wildman–Crippen MR) is 105 cm³/mol. The molecule has 3 unspecified atom stereocenters. The van der Waals surface area contributed by atoms with Crippen LogP contribution in [0.15, 0.2) is 36.5 Å². The van der Waals surface area contributed by atoms with Crippen LogP contribution in [0.2, 0.25) is 0 Å². The minimum atomic E-state index is -0.676. The average molecular weight is 368 g/mol. The Morgan fingerprint density at radius 1 is 1.26 bits per heavy atom. The minimum absolute atomic E-state index is 0.262. The summed E-state index contributed by atoms with van der Waals surface area (Å²) in [6.07, 6.45) is 2.33. The highest BCUT2D eigenvalue weighted by atomic mass is 16.5. The molecule has 4 rings (SSSR count). The molecule has 0 radical (unpaired) electrons. The van der Waals surface area contributed by atoms with Crippen molar-refractivity contribution in [2.45, 2.75) is 25.4 Å². The van der Waals surface area contributed by atoms with Crippen molar-refractivity contribution in [2.24, 2.45) is 5.92 Å². The second-order valence-electron chi connectivity index (χ2n) is 7.59. The zero-order valence-electron chi connectivity index (χ0n) is 16.1. The Hall–Kier alpha value is -1.95. The van der Waals surface area contributed by atoms with E-state index in [4.69, 9.17) is 9.47 Å². The van der Waals surface area contributed by atoms with Crippen LogP contribution in [0.5, 0.6) is 0 Å². The van der Waals surface area contributed by atoms with Crippen molar-refractivity contribution >= 4 is 5.69 Å². The van der Waals surface area contributed by atoms with E-state index in [9.17, 15) is 5.11 Å². The van der Waals surface area contributed by atoms with E-state index >= 15 is 0 Å². The maximum atomic E-state index is 10.1. The molecule has 0 bridgehead atoms. The molecule has 5 heteroatoms. The molecule has 144 valence electrons. The SMILES string of the molecule is COCC(O)c1ccc(C2c3cccc(N4CCOCC4)c3CC2C)cn1. The zero-order valence-corrected chi connectivity index (χ0v) is 16.1. The van der Waals surface area contributed by atoms with Gasteiger partial charge in [-0.3, -0.25) is 4.98 Å². The number of ether oxygens (including phenoxy) is 2. The van der Waals surface area contributed by atoms with Gasteiger partial charge >= 0.3 is 0 Å². The second kappa shape index (κ2) is 7.97. The summed E-state index contributed by atoms with van der Waals surface area (Å²) in [6.45, 7) is 6.11. The number of aliphatic hydroxyl groups is 1. The fourth-order valence-electron chi connectivity index (χ4n) is 4.50. The first kappa shape index (κ1) is 18.4. The summed E-state index contributed by atoms with van der Waals surface area (Å²) in [4.78, 5) is 6.96. The molecule has 1 fully saturated rings. The van der Waals surface area contributed by atoms with Crippen LogP contribution in [0, 0.1) is 5.92 Å². The molecule has 1 aliphatic heterocycles. The van der Waals surface area contributed by atoms with Crippen LogP contribution in [0.4, 0.5) is 5.69 Å². The number of aliphatic hydroxyl groups excluding tert-OH is 1. The van der Waals surface area contributed by atoms with Gasteiger partial charge in [0.1, 0.15) is 6.10 Å². The van der Waals surface area contributed by atoms with Crippen molar-refractivity contribution in [1.29, 1.82) is 0 Å². The lowest BCUT2D eigenvalue weighted by Crippen LogP contribution is -2.36. The van der Waals surface area contributed by atoms with Crippen LogP contribution in [0.1, 0.15) is 41.3 Å². The van der Waals surface area contributed by atoms with E-state index < -0.39 is 6.10 Å². The molecule has 27 heavy (non-hydrogen) atoms. The van der Waals surface area contributed by atoms with Gasteiger partial charge < -0.3 is 19.5 Å². The Balaban J connectivity index is 1.63. The lowest BCUT2D eigenvalue weighted by molar-refractivity contribution is 0.0617. The Labute approximate surface area is 160 Å². The summed E-state index contributed by atoms with van der Waals surface area (Å²) >= 11 is 0. The summed E-state index contributed by atoms with van der Waals surface area (Å²) in [7, 11) is 1.58. The summed E-state index contributed by atoms with van der Waals surface area (Å²) in [5, 5.41) is 10.1. The number of nitrogens with zero attached hydrogens (tertiary/aromatic N) is 2. The number of fused-ring (bicyclic) bond motifs is 1. The van der Waals surface area contributed by atoms with Gasteiger partial charge in [-0.15, -0.1) is 0 Å². The van der Waals surface area contributed by atoms with Crippen LogP contribution in [0.3, 0.4) is 0 Å². The Bertz CT molecular complexity index is 772. The van der Waals surface area contributed by atoms with Crippen molar-refractivity contribution in [2.75, 3.05) is 44.9 Å². The normalized spacial score (nSPS) is 23.3. The Kier molecular flexibility index (Phi) is 5.43. The molecule has 0 saturated carbocycles. The molecule has 1 aliphatic carbocycles. The number of hydrogen-bond donors (Lipinski definition) is 1. The smallest absolute Gasteiger partial charge is 0.119 e. The van der Waals surface area contributed by atoms with E-state index in [-0.39, 0.29) is 6.61 Å². The molecule has 3 atom stereocenters. The zero-order chi connectivity index (χ0) is 18.8. The molecule has 5 nitrogen and oxygen atoms in total. The van der Waals surface area contributed by atoms with Gasteiger partial charge in [-0.1, -0.05) is 25.1 Å². The fourth-order valence-corrected chi connectivity index (χ4v) is 4.50. The molecule has 1 N–H and O–H groups in total. The van der Waals surface area contributed by atoms with E-state index in [0.717, 1.165) is 32.7 Å². The van der Waals surface area contributed by atoms with Crippen LogP contribution < -0.4 is 4.90 Å². The maximum absolute atomic E-state index is 10.1. The quantitative estimate of drug-likeness (QED) is 0.879. The van der Waals surface area contributed by atoms with Gasteiger partial charge in [0.25, 0.3) is 0 Å². The molecule has 2 aromatic rings. The summed E-state index contributed by atoms with van der Waals surface area (Å²) < 4.78 is 10.5. The molecule has 1 aromatic heterocycles. The van der Waals surface area contributed by atoms with Crippen LogP contribution in [-0.2, 0) is 15.9 Å². The minimum Gasteiger partial charge on any atom is -0.384 e. The summed E-state index contributed by atoms with van der Waals surface area (Å²) in [6, 6.07) is 10.7. The highest BCUT2D eigenvalue weighted by Crippen LogP contribution is 2.45. The van der Waals surface area contributed by atoms with Crippen molar-refractivity contribution in [3.63, 3.8) is 0 Å². The molecule has 2 heterocycles. The molecule has 1 aromatic carbocycles. The average Bonchev–Trinajstić information content (AvgIpc) is 3.04. The molecular formula is C22H28N2O3. The standard InChI is InChI=1S/C22H28N2O3/c1-15-12-18-17(4-3-5-20(18)24-8-10-27-11-9-24)22(15)16-6-7-19(23-13-16)21(25)14-26-2/h3-7,13,15,21-22,25H,8-12,14H2,1-2H3. The maximum Gasteiger partial charge on any atom is 0.119 e. The number of methoxy groups -OCH3 is 1. The number of benzene rings is 1. The predicted octanol–water partition coefficient (Wildman–Crippen LogP) is 2.92. The summed E-state index contributed by atoms with van der Waals surface area (Å²) in [5.41, 5.74) is 6.13. The number of aromatic nitrogens is 1. The van der Waals surface area contributed by atoms with Crippen molar-refractivity contribution in [3.05, 3.63) is 58.9 Å². The van der Waals surface area contributed by atoms with Crippen LogP contribution >= 0.6 is 0 Å². The summed E-state index contributed by atoms with van der Waals surface area (Å²) in [5.74, 6) is 0.876. The number of anilines is 1. The van der Waals surface area contributed by atoms with E-state index in [0.29, 0.717) is 17.5 Å². The van der Waals surface area contributed by atoms with Gasteiger partial charge in [-0.25, -0.2) is 0 Å². The first-order chi connectivity index (χ1) is 13.2. The third kappa shape index (κ3) is 3.59. The van der Waals surface area contributed by atoms with Gasteiger partial charge in [0.2, 0.25) is 0 Å². The molecule has 1 saturated heterocycles. The molecule has 2 aliphatic rings. The number of morpholine rings is 1. The fraction of sp³-hybridized carbons (Fsp3) is 0.500. The largest absolute Gasteiger partial charge is 0.384 e. The van der Waals surface area contributed by atoms with E-state index in [2.05, 4.69) is 41.1 Å². The van der Waals surface area contributed by atoms with E-state index in [1.165, 1.54) is 22.4 Å². The molecule has 0 amide bonds. The van der Waals surface area contributed by atoms with Crippen LogP contribution in [-0.4, -0.2) is 50.1 Å². The number of hydrogen-bond acceptors (Lipinski definition) is 5. The Morgan fingerprint density at radius 3 is 2.78 bits per heavy atom. The lowest BCUT2D eigenvalue weighted by Gasteiger charge is -2.30. The van der Waals surface area contributed by atoms with Crippen LogP contribution in [0.25, 0.3) is 0 Å². The first-order valence-corrected chi connectivity index (χ1v) is 9.76. The van der Waals surface area contributed by atoms with Crippen molar-refractivity contribution in [1.82, 2.24) is 4.98 Å². The monoisotopic (exact) mass is 368 g/mol. The van der Waals surface area contributed by atoms with Crippen molar-refractivity contribution < 1.29 is 14.6 Å². The molecular weight excluding hydrogens is 340 g/mol. The van der Waals surface area contributed by atoms with E-state index in [1.54, 1.807) is 7.11 Å². The van der Waals surface area contributed by atoms with Gasteiger partial charge in [0.05, 0.1) is 25.5 Å². The lowest BCUT2D eigenvalue weighted by atomic mass is 9.88. The number of rotatable bonds is 5. The number of pyridine rings is 1. The van der Waals surface area contributed by atoms with Gasteiger partial charge in [-0.05, 0) is 41.2 Å². The van der Waals surface area contributed by atoms with Gasteiger partial charge in [-0.2, -0.15) is 0 Å². The van der Waals surface area contributed by atoms with Crippen molar-refractivity contribution in [3.8, 4) is 0 Å². The van der Waals surface area contributed by atoms with Gasteiger partial charge in [0.15, 0.2) is 0 Å². The third-order valence-corrected chi connectivity index (χ3v) is 5.80. The molecule has 0 spiro atoms. The third-order valence-electron chi connectivity index (χ3n) is 5.80.